The Morgan fingerprint density at radius 2 is 1.60 bits per heavy atom. The van der Waals surface area contributed by atoms with Crippen LogP contribution < -0.4 is 10.0 Å². The first-order valence-corrected chi connectivity index (χ1v) is 11.2. The van der Waals surface area contributed by atoms with Crippen molar-refractivity contribution < 1.29 is 13.2 Å². The monoisotopic (exact) mass is 442 g/mol. The minimum absolute atomic E-state index is 0.0536. The second-order valence-electron chi connectivity index (χ2n) is 7.27. The molecule has 0 bridgehead atoms. The SMILES string of the molecule is Cc1ccc(NS(=O)(=O)c2cc(C(=O)Nc3cccc(Cl)c3C)ccc2C)c(C)c1. The van der Waals surface area contributed by atoms with Gasteiger partial charge in [0.2, 0.25) is 0 Å². The van der Waals surface area contributed by atoms with E-state index in [1.54, 1.807) is 50.2 Å². The molecule has 30 heavy (non-hydrogen) atoms. The number of halogens is 1. The Labute approximate surface area is 182 Å². The number of nitrogens with one attached hydrogen (secondary N) is 2. The molecule has 0 saturated carbocycles. The second-order valence-corrected chi connectivity index (χ2v) is 9.33. The van der Waals surface area contributed by atoms with E-state index in [2.05, 4.69) is 10.0 Å². The van der Waals surface area contributed by atoms with Gasteiger partial charge in [-0.25, -0.2) is 8.42 Å². The molecular formula is C23H23ClN2O3S. The Kier molecular flexibility index (Phi) is 6.19. The van der Waals surface area contributed by atoms with Crippen LogP contribution in [0.4, 0.5) is 11.4 Å². The smallest absolute Gasteiger partial charge is 0.262 e. The predicted octanol–water partition coefficient (Wildman–Crippen LogP) is 5.63. The number of anilines is 2. The van der Waals surface area contributed by atoms with Crippen LogP contribution in [0, 0.1) is 27.7 Å². The third-order valence-electron chi connectivity index (χ3n) is 4.88. The molecule has 0 aliphatic heterocycles. The van der Waals surface area contributed by atoms with Gasteiger partial charge in [-0.3, -0.25) is 9.52 Å². The zero-order chi connectivity index (χ0) is 22.1. The van der Waals surface area contributed by atoms with Gasteiger partial charge in [-0.1, -0.05) is 41.4 Å². The quantitative estimate of drug-likeness (QED) is 0.537. The fourth-order valence-electron chi connectivity index (χ4n) is 3.10. The van der Waals surface area contributed by atoms with Crippen molar-refractivity contribution in [3.63, 3.8) is 0 Å². The normalized spacial score (nSPS) is 11.2. The van der Waals surface area contributed by atoms with E-state index in [0.717, 1.165) is 16.7 Å². The van der Waals surface area contributed by atoms with E-state index in [0.29, 0.717) is 22.0 Å². The van der Waals surface area contributed by atoms with Gasteiger partial charge in [0, 0.05) is 16.3 Å². The summed E-state index contributed by atoms with van der Waals surface area (Å²) in [5.74, 6) is -0.414. The van der Waals surface area contributed by atoms with Gasteiger partial charge >= 0.3 is 0 Å². The van der Waals surface area contributed by atoms with Crippen molar-refractivity contribution in [1.29, 1.82) is 0 Å². The van der Waals surface area contributed by atoms with Crippen LogP contribution in [-0.4, -0.2) is 14.3 Å². The third kappa shape index (κ3) is 4.66. The summed E-state index contributed by atoms with van der Waals surface area (Å²) >= 11 is 6.11. The molecule has 0 atom stereocenters. The van der Waals surface area contributed by atoms with Gasteiger partial charge in [-0.15, -0.1) is 0 Å². The second kappa shape index (κ2) is 8.50. The van der Waals surface area contributed by atoms with Gasteiger partial charge in [0.15, 0.2) is 0 Å². The van der Waals surface area contributed by atoms with E-state index in [-0.39, 0.29) is 10.5 Å². The van der Waals surface area contributed by atoms with Gasteiger partial charge in [0.1, 0.15) is 0 Å². The fraction of sp³-hybridized carbons (Fsp3) is 0.174. The summed E-state index contributed by atoms with van der Waals surface area (Å²) in [6, 6.07) is 15.3. The highest BCUT2D eigenvalue weighted by molar-refractivity contribution is 7.92. The molecule has 0 heterocycles. The van der Waals surface area contributed by atoms with E-state index in [4.69, 9.17) is 11.6 Å². The van der Waals surface area contributed by atoms with Crippen LogP contribution in [0.5, 0.6) is 0 Å². The third-order valence-corrected chi connectivity index (χ3v) is 6.80. The molecule has 7 heteroatoms. The molecule has 2 N–H and O–H groups in total. The molecule has 156 valence electrons. The first-order valence-electron chi connectivity index (χ1n) is 9.35. The number of benzene rings is 3. The summed E-state index contributed by atoms with van der Waals surface area (Å²) in [4.78, 5) is 12.8. The average Bonchev–Trinajstić information content (AvgIpc) is 2.68. The molecule has 0 aliphatic rings. The summed E-state index contributed by atoms with van der Waals surface area (Å²) in [6.07, 6.45) is 0. The Hall–Kier alpha value is -2.83. The summed E-state index contributed by atoms with van der Waals surface area (Å²) in [5, 5.41) is 3.33. The number of carbonyl (C=O) groups is 1. The number of hydrogen-bond acceptors (Lipinski definition) is 3. The number of rotatable bonds is 5. The fourth-order valence-corrected chi connectivity index (χ4v) is 4.67. The van der Waals surface area contributed by atoms with E-state index >= 15 is 0 Å². The zero-order valence-corrected chi connectivity index (χ0v) is 18.8. The van der Waals surface area contributed by atoms with Crippen molar-refractivity contribution in [2.45, 2.75) is 32.6 Å². The van der Waals surface area contributed by atoms with Crippen molar-refractivity contribution in [3.05, 3.63) is 87.4 Å². The summed E-state index contributed by atoms with van der Waals surface area (Å²) in [5.41, 5.74) is 4.46. The van der Waals surface area contributed by atoms with Crippen LogP contribution in [0.2, 0.25) is 5.02 Å². The number of hydrogen-bond donors (Lipinski definition) is 2. The minimum atomic E-state index is -3.87. The minimum Gasteiger partial charge on any atom is -0.322 e. The van der Waals surface area contributed by atoms with Crippen LogP contribution in [0.25, 0.3) is 0 Å². The van der Waals surface area contributed by atoms with Gasteiger partial charge < -0.3 is 5.32 Å². The number of sulfonamides is 1. The molecule has 3 aromatic carbocycles. The standard InChI is InChI=1S/C23H23ClN2O3S/c1-14-8-11-20(16(3)12-14)26-30(28,29)22-13-18(10-9-15(22)2)23(27)25-21-7-5-6-19(24)17(21)4/h5-13,26H,1-4H3,(H,25,27). The van der Waals surface area contributed by atoms with E-state index in [1.165, 1.54) is 6.07 Å². The van der Waals surface area contributed by atoms with Crippen LogP contribution in [0.1, 0.15) is 32.6 Å². The Morgan fingerprint density at radius 3 is 2.30 bits per heavy atom. The summed E-state index contributed by atoms with van der Waals surface area (Å²) in [6.45, 7) is 7.28. The first-order chi connectivity index (χ1) is 14.1. The summed E-state index contributed by atoms with van der Waals surface area (Å²) in [7, 11) is -3.87. The summed E-state index contributed by atoms with van der Waals surface area (Å²) < 4.78 is 28.7. The van der Waals surface area contributed by atoms with Crippen LogP contribution in [0.3, 0.4) is 0 Å². The maximum atomic E-state index is 13.0. The van der Waals surface area contributed by atoms with Crippen molar-refractivity contribution in [3.8, 4) is 0 Å². The zero-order valence-electron chi connectivity index (χ0n) is 17.2. The van der Waals surface area contributed by atoms with Gasteiger partial charge in [0.05, 0.1) is 10.6 Å². The van der Waals surface area contributed by atoms with Crippen molar-refractivity contribution in [2.75, 3.05) is 10.0 Å². The number of carbonyl (C=O) groups excluding carboxylic acids is 1. The molecule has 0 saturated heterocycles. The predicted molar refractivity (Wildman–Crippen MR) is 122 cm³/mol. The maximum Gasteiger partial charge on any atom is 0.262 e. The Bertz CT molecular complexity index is 1240. The van der Waals surface area contributed by atoms with E-state index in [9.17, 15) is 13.2 Å². The van der Waals surface area contributed by atoms with Crippen molar-refractivity contribution in [2.24, 2.45) is 0 Å². The molecule has 0 aromatic heterocycles. The molecule has 5 nitrogen and oxygen atoms in total. The average molecular weight is 443 g/mol. The molecule has 0 radical (unpaired) electrons. The largest absolute Gasteiger partial charge is 0.322 e. The highest BCUT2D eigenvalue weighted by Crippen LogP contribution is 2.26. The first kappa shape index (κ1) is 21.9. The lowest BCUT2D eigenvalue weighted by atomic mass is 10.1. The molecule has 3 aromatic rings. The molecule has 1 amide bonds. The molecule has 0 aliphatic carbocycles. The molecular weight excluding hydrogens is 420 g/mol. The molecule has 0 spiro atoms. The Balaban J connectivity index is 1.92. The number of amides is 1. The highest BCUT2D eigenvalue weighted by Gasteiger charge is 2.20. The Morgan fingerprint density at radius 1 is 0.867 bits per heavy atom. The van der Waals surface area contributed by atoms with E-state index in [1.807, 2.05) is 26.0 Å². The van der Waals surface area contributed by atoms with E-state index < -0.39 is 15.9 Å². The van der Waals surface area contributed by atoms with Crippen LogP contribution >= 0.6 is 11.6 Å². The lowest BCUT2D eigenvalue weighted by Crippen LogP contribution is -2.18. The van der Waals surface area contributed by atoms with Crippen LogP contribution in [0.15, 0.2) is 59.5 Å². The van der Waals surface area contributed by atoms with Crippen molar-refractivity contribution in [1.82, 2.24) is 0 Å². The number of aryl methyl sites for hydroxylation is 3. The topological polar surface area (TPSA) is 75.3 Å². The maximum absolute atomic E-state index is 13.0. The highest BCUT2D eigenvalue weighted by atomic mass is 35.5. The molecule has 3 rings (SSSR count). The van der Waals surface area contributed by atoms with Gasteiger partial charge in [-0.2, -0.15) is 0 Å². The lowest BCUT2D eigenvalue weighted by Gasteiger charge is -2.14. The van der Waals surface area contributed by atoms with Crippen LogP contribution in [-0.2, 0) is 10.0 Å². The molecule has 0 fully saturated rings. The lowest BCUT2D eigenvalue weighted by molar-refractivity contribution is 0.102. The van der Waals surface area contributed by atoms with Gasteiger partial charge in [0.25, 0.3) is 15.9 Å². The molecule has 0 unspecified atom stereocenters. The van der Waals surface area contributed by atoms with Crippen molar-refractivity contribution >= 4 is 38.9 Å². The van der Waals surface area contributed by atoms with Gasteiger partial charge in [-0.05, 0) is 74.7 Å².